The molecule has 1 aromatic carbocycles. The topological polar surface area (TPSA) is 50.5 Å². The number of aliphatic hydroxyl groups is 1. The van der Waals surface area contributed by atoms with Crippen molar-refractivity contribution in [2.24, 2.45) is 0 Å². The molecule has 1 fully saturated rings. The highest BCUT2D eigenvalue weighted by Crippen LogP contribution is 2.12. The molecule has 1 saturated heterocycles. The molecule has 0 spiro atoms. The lowest BCUT2D eigenvalue weighted by atomic mass is 10.1. The van der Waals surface area contributed by atoms with Crippen LogP contribution < -0.4 is 0 Å². The van der Waals surface area contributed by atoms with Crippen LogP contribution in [0.3, 0.4) is 0 Å². The Morgan fingerprint density at radius 2 is 1.85 bits per heavy atom. The van der Waals surface area contributed by atoms with Gasteiger partial charge in [-0.1, -0.05) is 19.1 Å². The third-order valence-electron chi connectivity index (χ3n) is 4.09. The molecular formula is C16H23N3O. The molecule has 0 radical (unpaired) electrons. The zero-order valence-electron chi connectivity index (χ0n) is 12.1. The van der Waals surface area contributed by atoms with E-state index in [1.165, 1.54) is 5.56 Å². The van der Waals surface area contributed by atoms with Crippen molar-refractivity contribution in [1.29, 1.82) is 5.26 Å². The molecule has 0 unspecified atom stereocenters. The molecule has 2 rings (SSSR count). The van der Waals surface area contributed by atoms with E-state index in [0.717, 1.165) is 39.1 Å². The molecule has 0 bridgehead atoms. The second kappa shape index (κ2) is 7.39. The second-order valence-corrected chi connectivity index (χ2v) is 5.37. The highest BCUT2D eigenvalue weighted by atomic mass is 16.3. The molecule has 1 heterocycles. The van der Waals surface area contributed by atoms with Gasteiger partial charge in [0.15, 0.2) is 0 Å². The molecule has 20 heavy (non-hydrogen) atoms. The van der Waals surface area contributed by atoms with Crippen LogP contribution in [0.4, 0.5) is 0 Å². The van der Waals surface area contributed by atoms with Gasteiger partial charge < -0.3 is 5.11 Å². The van der Waals surface area contributed by atoms with E-state index in [1.807, 2.05) is 24.3 Å². The van der Waals surface area contributed by atoms with Gasteiger partial charge in [0.2, 0.25) is 0 Å². The molecule has 108 valence electrons. The van der Waals surface area contributed by atoms with Crippen molar-refractivity contribution in [1.82, 2.24) is 9.80 Å². The minimum atomic E-state index is 0.256. The Morgan fingerprint density at radius 1 is 1.20 bits per heavy atom. The average molecular weight is 273 g/mol. The van der Waals surface area contributed by atoms with Gasteiger partial charge in [0.1, 0.15) is 0 Å². The van der Waals surface area contributed by atoms with Crippen LogP contribution in [0.25, 0.3) is 0 Å². The largest absolute Gasteiger partial charge is 0.395 e. The Kier molecular flexibility index (Phi) is 5.54. The zero-order chi connectivity index (χ0) is 14.4. The number of benzene rings is 1. The van der Waals surface area contributed by atoms with Crippen LogP contribution in [0.1, 0.15) is 24.5 Å². The van der Waals surface area contributed by atoms with Crippen molar-refractivity contribution < 1.29 is 5.11 Å². The zero-order valence-corrected chi connectivity index (χ0v) is 12.1. The van der Waals surface area contributed by atoms with Gasteiger partial charge in [-0.05, 0) is 24.1 Å². The van der Waals surface area contributed by atoms with E-state index in [-0.39, 0.29) is 6.61 Å². The molecule has 4 heteroatoms. The lowest BCUT2D eigenvalue weighted by molar-refractivity contribution is 0.0608. The SMILES string of the molecule is CC[C@@H](CO)N1CCN(Cc2ccc(C#N)cc2)CC1. The van der Waals surface area contributed by atoms with Gasteiger partial charge in [0, 0.05) is 38.8 Å². The van der Waals surface area contributed by atoms with Crippen LogP contribution >= 0.6 is 0 Å². The van der Waals surface area contributed by atoms with Crippen molar-refractivity contribution >= 4 is 0 Å². The highest BCUT2D eigenvalue weighted by Gasteiger charge is 2.22. The number of nitriles is 1. The van der Waals surface area contributed by atoms with Crippen molar-refractivity contribution in [3.8, 4) is 6.07 Å². The first kappa shape index (κ1) is 15.0. The number of nitrogens with zero attached hydrogens (tertiary/aromatic N) is 3. The molecule has 0 aliphatic carbocycles. The molecule has 0 saturated carbocycles. The molecular weight excluding hydrogens is 250 g/mol. The van der Waals surface area contributed by atoms with E-state index in [0.29, 0.717) is 11.6 Å². The van der Waals surface area contributed by atoms with Gasteiger partial charge in [-0.25, -0.2) is 0 Å². The number of hydrogen-bond donors (Lipinski definition) is 1. The van der Waals surface area contributed by atoms with Gasteiger partial charge in [-0.15, -0.1) is 0 Å². The fourth-order valence-electron chi connectivity index (χ4n) is 2.73. The summed E-state index contributed by atoms with van der Waals surface area (Å²) in [4.78, 5) is 4.82. The van der Waals surface area contributed by atoms with E-state index in [2.05, 4.69) is 22.8 Å². The van der Waals surface area contributed by atoms with Crippen LogP contribution in [0.5, 0.6) is 0 Å². The van der Waals surface area contributed by atoms with Crippen LogP contribution in [-0.2, 0) is 6.54 Å². The number of rotatable bonds is 5. The van der Waals surface area contributed by atoms with Crippen molar-refractivity contribution in [3.63, 3.8) is 0 Å². The first-order valence-corrected chi connectivity index (χ1v) is 7.33. The maximum Gasteiger partial charge on any atom is 0.0991 e. The fraction of sp³-hybridized carbons (Fsp3) is 0.562. The van der Waals surface area contributed by atoms with E-state index in [1.54, 1.807) is 0 Å². The second-order valence-electron chi connectivity index (χ2n) is 5.37. The predicted molar refractivity (Wildman–Crippen MR) is 79.2 cm³/mol. The number of hydrogen-bond acceptors (Lipinski definition) is 4. The first-order chi connectivity index (χ1) is 9.76. The van der Waals surface area contributed by atoms with Gasteiger partial charge in [-0.3, -0.25) is 9.80 Å². The Hall–Kier alpha value is -1.41. The van der Waals surface area contributed by atoms with Crippen molar-refractivity contribution in [3.05, 3.63) is 35.4 Å². The minimum Gasteiger partial charge on any atom is -0.395 e. The van der Waals surface area contributed by atoms with E-state index in [9.17, 15) is 5.11 Å². The lowest BCUT2D eigenvalue weighted by Crippen LogP contribution is -2.50. The van der Waals surface area contributed by atoms with Crippen LogP contribution in [0, 0.1) is 11.3 Å². The van der Waals surface area contributed by atoms with Crippen LogP contribution in [0.15, 0.2) is 24.3 Å². The Balaban J connectivity index is 1.83. The molecule has 1 aromatic rings. The third kappa shape index (κ3) is 3.80. The Labute approximate surface area is 121 Å². The van der Waals surface area contributed by atoms with Gasteiger partial charge in [-0.2, -0.15) is 5.26 Å². The summed E-state index contributed by atoms with van der Waals surface area (Å²) in [6, 6.07) is 10.3. The molecule has 1 aliphatic rings. The Bertz CT molecular complexity index is 440. The maximum atomic E-state index is 9.35. The van der Waals surface area contributed by atoms with Gasteiger partial charge in [0.05, 0.1) is 18.2 Å². The summed E-state index contributed by atoms with van der Waals surface area (Å²) in [5.74, 6) is 0. The molecule has 0 amide bonds. The standard InChI is InChI=1S/C16H23N3O/c1-2-16(13-20)19-9-7-18(8-10-19)12-15-5-3-14(11-17)4-6-15/h3-6,16,20H,2,7-10,12-13H2,1H3/t16-/m0/s1. The van der Waals surface area contributed by atoms with E-state index < -0.39 is 0 Å². The molecule has 1 N–H and O–H groups in total. The summed E-state index contributed by atoms with van der Waals surface area (Å²) in [5, 5.41) is 18.1. The smallest absolute Gasteiger partial charge is 0.0991 e. The average Bonchev–Trinajstić information content (AvgIpc) is 2.51. The van der Waals surface area contributed by atoms with Gasteiger partial charge >= 0.3 is 0 Å². The summed E-state index contributed by atoms with van der Waals surface area (Å²) in [5.41, 5.74) is 1.97. The normalized spacial score (nSPS) is 18.6. The van der Waals surface area contributed by atoms with E-state index >= 15 is 0 Å². The van der Waals surface area contributed by atoms with Crippen molar-refractivity contribution in [2.75, 3.05) is 32.8 Å². The summed E-state index contributed by atoms with van der Waals surface area (Å²) >= 11 is 0. The molecule has 1 atom stereocenters. The van der Waals surface area contributed by atoms with Crippen LogP contribution in [-0.4, -0.2) is 53.7 Å². The molecule has 1 aliphatic heterocycles. The molecule has 0 aromatic heterocycles. The van der Waals surface area contributed by atoms with Crippen LogP contribution in [0.2, 0.25) is 0 Å². The van der Waals surface area contributed by atoms with Gasteiger partial charge in [0.25, 0.3) is 0 Å². The highest BCUT2D eigenvalue weighted by molar-refractivity contribution is 5.31. The third-order valence-corrected chi connectivity index (χ3v) is 4.09. The lowest BCUT2D eigenvalue weighted by Gasteiger charge is -2.38. The molecule has 4 nitrogen and oxygen atoms in total. The van der Waals surface area contributed by atoms with Crippen molar-refractivity contribution in [2.45, 2.75) is 25.9 Å². The number of aliphatic hydroxyl groups excluding tert-OH is 1. The Morgan fingerprint density at radius 3 is 2.35 bits per heavy atom. The summed E-state index contributed by atoms with van der Waals surface area (Å²) < 4.78 is 0. The fourth-order valence-corrected chi connectivity index (χ4v) is 2.73. The number of piperazine rings is 1. The summed E-state index contributed by atoms with van der Waals surface area (Å²) in [6.07, 6.45) is 1.01. The monoisotopic (exact) mass is 273 g/mol. The summed E-state index contributed by atoms with van der Waals surface area (Å²) in [7, 11) is 0. The predicted octanol–water partition coefficient (Wildman–Crippen LogP) is 1.45. The first-order valence-electron chi connectivity index (χ1n) is 7.33. The quantitative estimate of drug-likeness (QED) is 0.882. The summed E-state index contributed by atoms with van der Waals surface area (Å²) in [6.45, 7) is 7.45. The van der Waals surface area contributed by atoms with E-state index in [4.69, 9.17) is 5.26 Å². The minimum absolute atomic E-state index is 0.256. The maximum absolute atomic E-state index is 9.35.